The van der Waals surface area contributed by atoms with E-state index >= 15 is 0 Å². The number of quaternary nitrogens is 1. The summed E-state index contributed by atoms with van der Waals surface area (Å²) in [6.45, 7) is -1.29. The van der Waals surface area contributed by atoms with Crippen LogP contribution < -0.4 is 4.72 Å². The van der Waals surface area contributed by atoms with E-state index in [2.05, 4.69) is 4.94 Å². The number of sulfonamides is 1. The number of hydrogen-bond donors (Lipinski definition) is 1. The largest absolute Gasteiger partial charge is 0.460 e. The van der Waals surface area contributed by atoms with Crippen molar-refractivity contribution in [3.8, 4) is 0 Å². The zero-order chi connectivity index (χ0) is 29.2. The van der Waals surface area contributed by atoms with Crippen molar-refractivity contribution in [3.63, 3.8) is 0 Å². The molecular formula is C15H19F14N2O4S+. The lowest BCUT2D eigenvalue weighted by Gasteiger charge is -2.39. The summed E-state index contributed by atoms with van der Waals surface area (Å²) in [5.41, 5.74) is 0. The van der Waals surface area contributed by atoms with Crippen LogP contribution in [-0.4, -0.2) is 94.1 Å². The molecule has 1 N–H and O–H groups in total. The van der Waals surface area contributed by atoms with Gasteiger partial charge in [-0.15, -0.1) is 0 Å². The van der Waals surface area contributed by atoms with Crippen molar-refractivity contribution in [2.45, 2.75) is 48.6 Å². The molecule has 0 aliphatic heterocycles. The van der Waals surface area contributed by atoms with E-state index in [1.807, 2.05) is 0 Å². The van der Waals surface area contributed by atoms with Gasteiger partial charge in [-0.25, -0.2) is 22.9 Å². The second-order valence-corrected chi connectivity index (χ2v) is 10.0. The molecule has 0 heterocycles. The van der Waals surface area contributed by atoms with Crippen LogP contribution in [0.5, 0.6) is 0 Å². The van der Waals surface area contributed by atoms with Gasteiger partial charge in [0.1, 0.15) is 0 Å². The summed E-state index contributed by atoms with van der Waals surface area (Å²) in [5.74, 6) is -41.5. The third-order valence-corrected chi connectivity index (χ3v) is 5.97. The lowest BCUT2D eigenvalue weighted by atomic mass is 9.93. The molecule has 0 saturated heterocycles. The number of halogens is 14. The summed E-state index contributed by atoms with van der Waals surface area (Å²) in [6, 6.07) is 0. The van der Waals surface area contributed by atoms with Crippen molar-refractivity contribution >= 4 is 16.0 Å². The standard InChI is InChI=1S/C15H19F14N2O4S/c1-31(2,8-9(32)35-29)6-3-5-30-36(33,34)7-4-10(16,17)11(18,19)12(20,21)13(22,23)14(24,25)15(26,27)28/h30H,3-8H2,1-2H3/q+1. The molecule has 0 fully saturated rings. The minimum Gasteiger partial charge on any atom is -0.319 e. The van der Waals surface area contributed by atoms with E-state index in [0.717, 1.165) is 0 Å². The van der Waals surface area contributed by atoms with Crippen molar-refractivity contribution in [1.82, 2.24) is 4.72 Å². The van der Waals surface area contributed by atoms with Gasteiger partial charge in [0, 0.05) is 23.9 Å². The Hall–Kier alpha value is -1.64. The van der Waals surface area contributed by atoms with Crippen molar-refractivity contribution in [3.05, 3.63) is 0 Å². The summed E-state index contributed by atoms with van der Waals surface area (Å²) in [4.78, 5) is 13.8. The average Bonchev–Trinajstić information content (AvgIpc) is 2.68. The van der Waals surface area contributed by atoms with E-state index in [1.54, 1.807) is 0 Å². The SMILES string of the molecule is C[N+](C)(CCCNS(=O)(=O)CCC(F)(F)C(F)(F)C(F)(F)C(F)(F)C(F)(F)C(F)(F)F)CC(=O)OF. The molecule has 6 nitrogen and oxygen atoms in total. The molecule has 0 bridgehead atoms. The fraction of sp³-hybridized carbons (Fsp3) is 0.933. The first kappa shape index (κ1) is 34.4. The van der Waals surface area contributed by atoms with Gasteiger partial charge in [-0.1, -0.05) is 0 Å². The summed E-state index contributed by atoms with van der Waals surface area (Å²) < 4.78 is 206. The minimum atomic E-state index is -8.07. The van der Waals surface area contributed by atoms with E-state index in [9.17, 15) is 74.8 Å². The Labute approximate surface area is 194 Å². The molecule has 0 rings (SSSR count). The predicted molar refractivity (Wildman–Crippen MR) is 90.9 cm³/mol. The van der Waals surface area contributed by atoms with Gasteiger partial charge in [0.05, 0.1) is 26.4 Å². The number of hydrogen-bond acceptors (Lipinski definition) is 4. The number of likely N-dealkylation sites (N-methyl/N-ethyl adjacent to an activating group) is 1. The van der Waals surface area contributed by atoms with Crippen LogP contribution in [0.25, 0.3) is 0 Å². The Kier molecular flexibility index (Phi) is 10.1. The highest BCUT2D eigenvalue weighted by atomic mass is 32.2. The fourth-order valence-electron chi connectivity index (χ4n) is 2.48. The first-order chi connectivity index (χ1) is 15.6. The van der Waals surface area contributed by atoms with Crippen LogP contribution in [0.2, 0.25) is 0 Å². The molecule has 0 aliphatic rings. The number of carbonyl (C=O) groups is 1. The summed E-state index contributed by atoms with van der Waals surface area (Å²) in [5, 5.41) is 0. The number of nitrogens with zero attached hydrogens (tertiary/aromatic N) is 1. The van der Waals surface area contributed by atoms with E-state index in [4.69, 9.17) is 0 Å². The molecule has 0 atom stereocenters. The van der Waals surface area contributed by atoms with E-state index in [-0.39, 0.29) is 17.4 Å². The second-order valence-electron chi connectivity index (χ2n) is 8.08. The van der Waals surface area contributed by atoms with Crippen LogP contribution in [0, 0.1) is 0 Å². The van der Waals surface area contributed by atoms with Gasteiger partial charge in [0.25, 0.3) is 0 Å². The van der Waals surface area contributed by atoms with Gasteiger partial charge in [0.2, 0.25) is 10.0 Å². The van der Waals surface area contributed by atoms with Gasteiger partial charge < -0.3 is 4.48 Å². The molecule has 36 heavy (non-hydrogen) atoms. The topological polar surface area (TPSA) is 72.5 Å². The minimum absolute atomic E-state index is 0.0967. The lowest BCUT2D eigenvalue weighted by Crippen LogP contribution is -2.70. The Morgan fingerprint density at radius 3 is 1.67 bits per heavy atom. The highest BCUT2D eigenvalue weighted by Crippen LogP contribution is 2.60. The zero-order valence-electron chi connectivity index (χ0n) is 18.0. The molecule has 0 saturated carbocycles. The smallest absolute Gasteiger partial charge is 0.319 e. The van der Waals surface area contributed by atoms with Crippen LogP contribution in [0.15, 0.2) is 0 Å². The summed E-state index contributed by atoms with van der Waals surface area (Å²) >= 11 is 0. The van der Waals surface area contributed by atoms with Crippen LogP contribution >= 0.6 is 0 Å². The number of nitrogens with one attached hydrogen (secondary N) is 1. The van der Waals surface area contributed by atoms with Gasteiger partial charge in [-0.3, -0.25) is 0 Å². The van der Waals surface area contributed by atoms with Crippen molar-refractivity contribution in [2.24, 2.45) is 0 Å². The first-order valence-corrected chi connectivity index (χ1v) is 10.8. The van der Waals surface area contributed by atoms with E-state index in [0.29, 0.717) is 0 Å². The maximum absolute atomic E-state index is 13.7. The van der Waals surface area contributed by atoms with Gasteiger partial charge in [-0.05, 0) is 0 Å². The third-order valence-electron chi connectivity index (χ3n) is 4.59. The molecule has 0 spiro atoms. The molecule has 0 amide bonds. The molecule has 0 aromatic rings. The maximum Gasteiger partial charge on any atom is 0.460 e. The van der Waals surface area contributed by atoms with Crippen molar-refractivity contribution in [1.29, 1.82) is 0 Å². The van der Waals surface area contributed by atoms with Gasteiger partial charge >= 0.3 is 41.8 Å². The Bertz CT molecular complexity index is 874. The Morgan fingerprint density at radius 1 is 0.806 bits per heavy atom. The summed E-state index contributed by atoms with van der Waals surface area (Å²) in [6.07, 6.45) is -10.6. The van der Waals surface area contributed by atoms with Crippen LogP contribution in [0.4, 0.5) is 61.6 Å². The average molecular weight is 589 g/mol. The van der Waals surface area contributed by atoms with Crippen LogP contribution in [0.1, 0.15) is 12.8 Å². The molecule has 0 aliphatic carbocycles. The van der Waals surface area contributed by atoms with E-state index < -0.39 is 77.0 Å². The lowest BCUT2D eigenvalue weighted by molar-refractivity contribution is -0.883. The van der Waals surface area contributed by atoms with Crippen LogP contribution in [-0.2, 0) is 19.8 Å². The predicted octanol–water partition coefficient (Wildman–Crippen LogP) is 3.93. The van der Waals surface area contributed by atoms with E-state index in [1.165, 1.54) is 18.8 Å². The molecule has 0 aromatic heterocycles. The molecular weight excluding hydrogens is 570 g/mol. The second kappa shape index (κ2) is 10.6. The van der Waals surface area contributed by atoms with Gasteiger partial charge in [-0.2, -0.15) is 57.1 Å². The maximum atomic E-state index is 13.7. The number of carbonyl (C=O) groups excluding carboxylic acids is 1. The highest BCUT2D eigenvalue weighted by Gasteiger charge is 2.90. The molecule has 21 heteroatoms. The summed E-state index contributed by atoms with van der Waals surface area (Å²) in [7, 11) is -2.36. The van der Waals surface area contributed by atoms with Crippen molar-refractivity contribution in [2.75, 3.05) is 39.5 Å². The normalized spacial score (nSPS) is 15.2. The zero-order valence-corrected chi connectivity index (χ0v) is 18.8. The Balaban J connectivity index is 5.42. The van der Waals surface area contributed by atoms with Gasteiger partial charge in [0.15, 0.2) is 6.54 Å². The van der Waals surface area contributed by atoms with Crippen LogP contribution in [0.3, 0.4) is 0 Å². The fourth-order valence-corrected chi connectivity index (χ4v) is 3.61. The third kappa shape index (κ3) is 7.23. The number of alkyl halides is 13. The molecule has 0 radical (unpaired) electrons. The van der Waals surface area contributed by atoms with Crippen molar-refractivity contribution < 1.29 is 84.2 Å². The molecule has 216 valence electrons. The molecule has 0 aromatic carbocycles. The number of rotatable bonds is 14. The first-order valence-electron chi connectivity index (χ1n) is 9.18. The highest BCUT2D eigenvalue weighted by molar-refractivity contribution is 7.89. The molecule has 0 unspecified atom stereocenters. The Morgan fingerprint density at radius 2 is 1.25 bits per heavy atom. The quantitative estimate of drug-likeness (QED) is 0.190. The monoisotopic (exact) mass is 589 g/mol.